The first kappa shape index (κ1) is 12.9. The zero-order valence-corrected chi connectivity index (χ0v) is 10.7. The van der Waals surface area contributed by atoms with E-state index in [0.29, 0.717) is 23.5 Å². The maximum atomic E-state index is 12.5. The highest BCUT2D eigenvalue weighted by atomic mass is 16.5. The molecule has 0 aliphatic carbocycles. The van der Waals surface area contributed by atoms with E-state index in [4.69, 9.17) is 9.47 Å². The van der Waals surface area contributed by atoms with E-state index in [9.17, 15) is 9.90 Å². The number of hydrogen-bond donors (Lipinski definition) is 1. The molecule has 1 aromatic carbocycles. The van der Waals surface area contributed by atoms with Gasteiger partial charge in [0, 0.05) is 6.07 Å². The molecule has 1 unspecified atom stereocenters. The number of Topliss-reactive ketones (excluding diaryl/α,β-unsaturated/α-hetero) is 1. The lowest BCUT2D eigenvalue weighted by atomic mass is 9.76. The smallest absolute Gasteiger partial charge is 0.178 e. The summed E-state index contributed by atoms with van der Waals surface area (Å²) in [5.41, 5.74) is -0.249. The second kappa shape index (κ2) is 4.98. The summed E-state index contributed by atoms with van der Waals surface area (Å²) >= 11 is 0. The van der Waals surface area contributed by atoms with Gasteiger partial charge in [-0.1, -0.05) is 13.3 Å². The summed E-state index contributed by atoms with van der Waals surface area (Å²) in [5.74, 6) is 1.17. The van der Waals surface area contributed by atoms with Gasteiger partial charge in [-0.3, -0.25) is 4.79 Å². The van der Waals surface area contributed by atoms with Crippen LogP contribution in [0.15, 0.2) is 18.2 Å². The molecule has 1 N–H and O–H groups in total. The van der Waals surface area contributed by atoms with Crippen molar-refractivity contribution in [2.45, 2.75) is 19.8 Å². The Morgan fingerprint density at radius 2 is 2.28 bits per heavy atom. The highest BCUT2D eigenvalue weighted by molar-refractivity contribution is 6.04. The van der Waals surface area contributed by atoms with Crippen LogP contribution < -0.4 is 9.47 Å². The van der Waals surface area contributed by atoms with Crippen LogP contribution in [0.3, 0.4) is 0 Å². The summed E-state index contributed by atoms with van der Waals surface area (Å²) in [7, 11) is 1.57. The fourth-order valence-corrected chi connectivity index (χ4v) is 2.36. The molecule has 0 saturated heterocycles. The first-order chi connectivity index (χ1) is 8.66. The molecule has 2 rings (SSSR count). The number of ketones is 1. The SMILES string of the molecule is CCCC1(CO)COc2cc(OC)ccc2C1=O. The lowest BCUT2D eigenvalue weighted by Crippen LogP contribution is -2.43. The second-order valence-corrected chi connectivity index (χ2v) is 4.67. The zero-order chi connectivity index (χ0) is 13.2. The lowest BCUT2D eigenvalue weighted by Gasteiger charge is -2.34. The zero-order valence-electron chi connectivity index (χ0n) is 10.7. The summed E-state index contributed by atoms with van der Waals surface area (Å²) in [5, 5.41) is 9.54. The molecule has 1 aromatic rings. The second-order valence-electron chi connectivity index (χ2n) is 4.67. The quantitative estimate of drug-likeness (QED) is 0.888. The van der Waals surface area contributed by atoms with Crippen LogP contribution >= 0.6 is 0 Å². The van der Waals surface area contributed by atoms with E-state index in [1.54, 1.807) is 25.3 Å². The molecule has 0 radical (unpaired) electrons. The number of fused-ring (bicyclic) bond motifs is 1. The Balaban J connectivity index is 2.39. The van der Waals surface area contributed by atoms with Crippen LogP contribution in [0.1, 0.15) is 30.1 Å². The number of carbonyl (C=O) groups excluding carboxylic acids is 1. The molecule has 0 aromatic heterocycles. The van der Waals surface area contributed by atoms with Crippen LogP contribution in [0.4, 0.5) is 0 Å². The van der Waals surface area contributed by atoms with E-state index >= 15 is 0 Å². The van der Waals surface area contributed by atoms with E-state index in [1.165, 1.54) is 0 Å². The van der Waals surface area contributed by atoms with Gasteiger partial charge in [0.05, 0.1) is 24.7 Å². The third-order valence-corrected chi connectivity index (χ3v) is 3.45. The van der Waals surface area contributed by atoms with Gasteiger partial charge >= 0.3 is 0 Å². The number of benzene rings is 1. The van der Waals surface area contributed by atoms with Crippen LogP contribution in [0.2, 0.25) is 0 Å². The van der Waals surface area contributed by atoms with Crippen LogP contribution in [0, 0.1) is 5.41 Å². The summed E-state index contributed by atoms with van der Waals surface area (Å²) in [6, 6.07) is 5.15. The van der Waals surface area contributed by atoms with E-state index in [0.717, 1.165) is 6.42 Å². The average Bonchev–Trinajstić information content (AvgIpc) is 2.42. The molecule has 1 aliphatic heterocycles. The Bertz CT molecular complexity index is 455. The minimum Gasteiger partial charge on any atom is -0.497 e. The number of ether oxygens (including phenoxy) is 2. The Morgan fingerprint density at radius 3 is 2.89 bits per heavy atom. The van der Waals surface area contributed by atoms with Gasteiger partial charge in [-0.25, -0.2) is 0 Å². The summed E-state index contributed by atoms with van der Waals surface area (Å²) in [6.45, 7) is 2.05. The Morgan fingerprint density at radius 1 is 1.50 bits per heavy atom. The van der Waals surface area contributed by atoms with Gasteiger partial charge in [-0.2, -0.15) is 0 Å². The monoisotopic (exact) mass is 250 g/mol. The topological polar surface area (TPSA) is 55.8 Å². The van der Waals surface area contributed by atoms with Crippen molar-refractivity contribution in [3.05, 3.63) is 23.8 Å². The van der Waals surface area contributed by atoms with E-state index in [1.807, 2.05) is 6.92 Å². The molecule has 0 amide bonds. The molecule has 0 saturated carbocycles. The van der Waals surface area contributed by atoms with Gasteiger partial charge in [0.2, 0.25) is 0 Å². The third-order valence-electron chi connectivity index (χ3n) is 3.45. The molecule has 1 aliphatic rings. The molecule has 1 atom stereocenters. The van der Waals surface area contributed by atoms with Crippen molar-refractivity contribution in [2.75, 3.05) is 20.3 Å². The first-order valence-electron chi connectivity index (χ1n) is 6.13. The fourth-order valence-electron chi connectivity index (χ4n) is 2.36. The van der Waals surface area contributed by atoms with Gasteiger partial charge < -0.3 is 14.6 Å². The Labute approximate surface area is 107 Å². The van der Waals surface area contributed by atoms with Crippen LogP contribution in [0.5, 0.6) is 11.5 Å². The average molecular weight is 250 g/mol. The van der Waals surface area contributed by atoms with Crippen molar-refractivity contribution in [3.63, 3.8) is 0 Å². The van der Waals surface area contributed by atoms with E-state index < -0.39 is 5.41 Å². The fraction of sp³-hybridized carbons (Fsp3) is 0.500. The van der Waals surface area contributed by atoms with Gasteiger partial charge in [0.25, 0.3) is 0 Å². The number of aliphatic hydroxyl groups excluding tert-OH is 1. The molecule has 98 valence electrons. The first-order valence-corrected chi connectivity index (χ1v) is 6.13. The maximum Gasteiger partial charge on any atom is 0.178 e. The van der Waals surface area contributed by atoms with Crippen molar-refractivity contribution in [3.8, 4) is 11.5 Å². The summed E-state index contributed by atoms with van der Waals surface area (Å²) < 4.78 is 10.7. The summed E-state index contributed by atoms with van der Waals surface area (Å²) in [4.78, 5) is 12.5. The molecular weight excluding hydrogens is 232 g/mol. The third kappa shape index (κ3) is 1.97. The number of hydrogen-bond acceptors (Lipinski definition) is 4. The van der Waals surface area contributed by atoms with Gasteiger partial charge in [-0.05, 0) is 18.6 Å². The standard InChI is InChI=1S/C14H18O4/c1-3-6-14(8-15)9-18-12-7-10(17-2)4-5-11(12)13(14)16/h4-5,7,15H,3,6,8-9H2,1-2H3. The number of rotatable bonds is 4. The van der Waals surface area contributed by atoms with Crippen LogP contribution in [-0.2, 0) is 0 Å². The molecule has 4 nitrogen and oxygen atoms in total. The largest absolute Gasteiger partial charge is 0.497 e. The molecule has 0 fully saturated rings. The summed E-state index contributed by atoms with van der Waals surface area (Å²) in [6.07, 6.45) is 1.47. The Kier molecular flexibility index (Phi) is 3.57. The predicted octanol–water partition coefficient (Wildman–Crippen LogP) is 2.05. The molecule has 0 bridgehead atoms. The van der Waals surface area contributed by atoms with Gasteiger partial charge in [0.1, 0.15) is 18.1 Å². The molecule has 1 heterocycles. The molecular formula is C14H18O4. The van der Waals surface area contributed by atoms with Crippen molar-refractivity contribution in [1.82, 2.24) is 0 Å². The van der Waals surface area contributed by atoms with Crippen molar-refractivity contribution in [2.24, 2.45) is 5.41 Å². The van der Waals surface area contributed by atoms with Gasteiger partial charge in [0.15, 0.2) is 5.78 Å². The van der Waals surface area contributed by atoms with Crippen LogP contribution in [0.25, 0.3) is 0 Å². The predicted molar refractivity (Wildman–Crippen MR) is 67.2 cm³/mol. The lowest BCUT2D eigenvalue weighted by molar-refractivity contribution is 0.0343. The minimum atomic E-state index is -0.781. The van der Waals surface area contributed by atoms with Crippen molar-refractivity contribution >= 4 is 5.78 Å². The van der Waals surface area contributed by atoms with E-state index in [2.05, 4.69) is 0 Å². The maximum absolute atomic E-state index is 12.5. The van der Waals surface area contributed by atoms with Crippen LogP contribution in [-0.4, -0.2) is 31.2 Å². The highest BCUT2D eigenvalue weighted by Gasteiger charge is 2.43. The van der Waals surface area contributed by atoms with E-state index in [-0.39, 0.29) is 19.0 Å². The highest BCUT2D eigenvalue weighted by Crippen LogP contribution is 2.38. The number of carbonyl (C=O) groups is 1. The number of aliphatic hydroxyl groups is 1. The normalized spacial score (nSPS) is 22.3. The number of methoxy groups -OCH3 is 1. The molecule has 18 heavy (non-hydrogen) atoms. The van der Waals surface area contributed by atoms with Crippen molar-refractivity contribution in [1.29, 1.82) is 0 Å². The minimum absolute atomic E-state index is 0.0317. The molecule has 0 spiro atoms. The van der Waals surface area contributed by atoms with Crippen molar-refractivity contribution < 1.29 is 19.4 Å². The van der Waals surface area contributed by atoms with Gasteiger partial charge in [-0.15, -0.1) is 0 Å². The molecule has 4 heteroatoms. The Hall–Kier alpha value is -1.55.